The number of carbonyl (C=O) groups is 1. The van der Waals surface area contributed by atoms with E-state index in [1.807, 2.05) is 55.1 Å². The summed E-state index contributed by atoms with van der Waals surface area (Å²) in [5.74, 6) is 0.0655. The molecule has 0 aliphatic carbocycles. The summed E-state index contributed by atoms with van der Waals surface area (Å²) in [6.07, 6.45) is 4.42. The molecular formula is C29H34N2O5S. The van der Waals surface area contributed by atoms with Crippen LogP contribution in [0.3, 0.4) is 0 Å². The predicted molar refractivity (Wildman–Crippen MR) is 148 cm³/mol. The molecule has 0 saturated carbocycles. The van der Waals surface area contributed by atoms with Gasteiger partial charge in [0.1, 0.15) is 5.75 Å². The summed E-state index contributed by atoms with van der Waals surface area (Å²) in [4.78, 5) is 13.7. The van der Waals surface area contributed by atoms with Gasteiger partial charge in [-0.2, -0.15) is 0 Å². The van der Waals surface area contributed by atoms with Gasteiger partial charge in [0.05, 0.1) is 29.7 Å². The molecule has 0 aliphatic heterocycles. The van der Waals surface area contributed by atoms with E-state index in [0.29, 0.717) is 35.5 Å². The van der Waals surface area contributed by atoms with Crippen LogP contribution in [0.2, 0.25) is 0 Å². The number of ether oxygens (including phenoxy) is 1. The molecule has 0 spiro atoms. The molecule has 8 heteroatoms. The van der Waals surface area contributed by atoms with Crippen LogP contribution in [-0.4, -0.2) is 49.5 Å². The Hall–Kier alpha value is -3.62. The third-order valence-electron chi connectivity index (χ3n) is 6.28. The number of aryl methyl sites for hydroxylation is 1. The number of para-hydroxylation sites is 1. The number of aliphatic hydroxyl groups is 1. The fourth-order valence-electron chi connectivity index (χ4n) is 4.41. The SMILES string of the molecule is CCCOc1ccc(-c2cccc(S(C)(=O)=O)c2)cc1C(=O)N[C@@H](CO)Cc1cn(C)c2ccccc12.[HH]. The number of aromatic nitrogens is 1. The molecule has 0 fully saturated rings. The minimum Gasteiger partial charge on any atom is -0.493 e. The Labute approximate surface area is 219 Å². The van der Waals surface area contributed by atoms with Gasteiger partial charge in [0.25, 0.3) is 5.91 Å². The minimum atomic E-state index is -3.38. The van der Waals surface area contributed by atoms with Gasteiger partial charge in [-0.1, -0.05) is 43.3 Å². The molecule has 0 saturated heterocycles. The van der Waals surface area contributed by atoms with E-state index in [1.54, 1.807) is 36.4 Å². The Morgan fingerprint density at radius 2 is 1.84 bits per heavy atom. The number of hydrogen-bond donors (Lipinski definition) is 2. The van der Waals surface area contributed by atoms with Gasteiger partial charge in [-0.25, -0.2) is 8.42 Å². The maximum absolute atomic E-state index is 13.5. The van der Waals surface area contributed by atoms with E-state index < -0.39 is 15.9 Å². The molecule has 7 nitrogen and oxygen atoms in total. The number of nitrogens with zero attached hydrogens (tertiary/aromatic N) is 1. The zero-order valence-corrected chi connectivity index (χ0v) is 22.1. The number of fused-ring (bicyclic) bond motifs is 1. The summed E-state index contributed by atoms with van der Waals surface area (Å²) in [5.41, 5.74) is 3.81. The van der Waals surface area contributed by atoms with Crippen molar-refractivity contribution in [2.24, 2.45) is 7.05 Å². The second-order valence-corrected chi connectivity index (χ2v) is 11.2. The van der Waals surface area contributed by atoms with Crippen LogP contribution in [-0.2, 0) is 23.3 Å². The number of carbonyl (C=O) groups excluding carboxylic acids is 1. The molecule has 0 bridgehead atoms. The van der Waals surface area contributed by atoms with Gasteiger partial charge >= 0.3 is 0 Å². The van der Waals surface area contributed by atoms with Crippen molar-refractivity contribution in [3.63, 3.8) is 0 Å². The zero-order valence-electron chi connectivity index (χ0n) is 21.3. The highest BCUT2D eigenvalue weighted by Crippen LogP contribution is 2.29. The standard InChI is InChI=1S/C29H32N2O5S.H2/c1-4-14-36-28-13-12-21(20-8-7-9-24(16-20)37(3,34)35)17-26(28)29(33)30-23(19-32)15-22-18-31(2)27-11-6-5-10-25(22)27;/h5-13,16-18,23,32H,4,14-15,19H2,1-3H3,(H,30,33);1H/t23-;/m1./s1. The molecule has 37 heavy (non-hydrogen) atoms. The second kappa shape index (κ2) is 11.2. The van der Waals surface area contributed by atoms with Crippen molar-refractivity contribution in [3.05, 3.63) is 84.1 Å². The second-order valence-electron chi connectivity index (χ2n) is 9.20. The first-order valence-corrected chi connectivity index (χ1v) is 14.1. The van der Waals surface area contributed by atoms with Gasteiger partial charge in [0.2, 0.25) is 0 Å². The van der Waals surface area contributed by atoms with E-state index in [2.05, 4.69) is 5.32 Å². The van der Waals surface area contributed by atoms with Crippen molar-refractivity contribution in [1.82, 2.24) is 9.88 Å². The molecule has 1 heterocycles. The topological polar surface area (TPSA) is 97.6 Å². The van der Waals surface area contributed by atoms with Crippen LogP contribution in [0.5, 0.6) is 5.75 Å². The Balaban J connectivity index is 0.00000400. The van der Waals surface area contributed by atoms with Gasteiger partial charge in [-0.05, 0) is 59.9 Å². The average Bonchev–Trinajstić information content (AvgIpc) is 3.21. The third kappa shape index (κ3) is 6.03. The predicted octanol–water partition coefficient (Wildman–Crippen LogP) is 4.62. The first-order valence-electron chi connectivity index (χ1n) is 12.2. The summed E-state index contributed by atoms with van der Waals surface area (Å²) in [7, 11) is -1.40. The van der Waals surface area contributed by atoms with E-state index in [4.69, 9.17) is 4.74 Å². The molecule has 0 aliphatic rings. The van der Waals surface area contributed by atoms with Crippen LogP contribution in [0.1, 0.15) is 30.7 Å². The number of hydrogen-bond acceptors (Lipinski definition) is 5. The van der Waals surface area contributed by atoms with Crippen molar-refractivity contribution in [3.8, 4) is 16.9 Å². The van der Waals surface area contributed by atoms with Crippen LogP contribution in [0, 0.1) is 0 Å². The number of rotatable bonds is 10. The fourth-order valence-corrected chi connectivity index (χ4v) is 5.08. The molecule has 4 aromatic rings. The van der Waals surface area contributed by atoms with Gasteiger partial charge in [-0.3, -0.25) is 4.79 Å². The number of benzene rings is 3. The van der Waals surface area contributed by atoms with E-state index in [9.17, 15) is 18.3 Å². The summed E-state index contributed by atoms with van der Waals surface area (Å²) in [6, 6.07) is 19.4. The van der Waals surface area contributed by atoms with Crippen LogP contribution in [0.15, 0.2) is 77.8 Å². The highest BCUT2D eigenvalue weighted by Gasteiger charge is 2.20. The Morgan fingerprint density at radius 1 is 1.08 bits per heavy atom. The Morgan fingerprint density at radius 3 is 2.57 bits per heavy atom. The Bertz CT molecular complexity index is 1530. The van der Waals surface area contributed by atoms with Crippen molar-refractivity contribution in [2.75, 3.05) is 19.5 Å². The lowest BCUT2D eigenvalue weighted by molar-refractivity contribution is 0.0912. The minimum absolute atomic E-state index is 0. The largest absolute Gasteiger partial charge is 0.493 e. The van der Waals surface area contributed by atoms with Gasteiger partial charge < -0.3 is 19.7 Å². The summed E-state index contributed by atoms with van der Waals surface area (Å²) in [6.45, 7) is 2.20. The van der Waals surface area contributed by atoms with Crippen molar-refractivity contribution in [2.45, 2.75) is 30.7 Å². The lowest BCUT2D eigenvalue weighted by Crippen LogP contribution is -2.39. The molecule has 4 rings (SSSR count). The number of nitrogens with one attached hydrogen (secondary N) is 1. The smallest absolute Gasteiger partial charge is 0.255 e. The molecule has 1 amide bonds. The molecular weight excluding hydrogens is 488 g/mol. The maximum atomic E-state index is 13.5. The molecule has 1 atom stereocenters. The molecule has 0 unspecified atom stereocenters. The lowest BCUT2D eigenvalue weighted by Gasteiger charge is -2.18. The zero-order chi connectivity index (χ0) is 26.6. The van der Waals surface area contributed by atoms with E-state index >= 15 is 0 Å². The van der Waals surface area contributed by atoms with Crippen LogP contribution >= 0.6 is 0 Å². The average molecular weight is 523 g/mol. The van der Waals surface area contributed by atoms with Crippen molar-refractivity contribution in [1.29, 1.82) is 0 Å². The summed E-state index contributed by atoms with van der Waals surface area (Å²) >= 11 is 0. The maximum Gasteiger partial charge on any atom is 0.255 e. The summed E-state index contributed by atoms with van der Waals surface area (Å²) < 4.78 is 32.0. The normalized spacial score (nSPS) is 12.4. The monoisotopic (exact) mass is 522 g/mol. The highest BCUT2D eigenvalue weighted by molar-refractivity contribution is 7.90. The highest BCUT2D eigenvalue weighted by atomic mass is 32.2. The number of amides is 1. The molecule has 3 aromatic carbocycles. The summed E-state index contributed by atoms with van der Waals surface area (Å²) in [5, 5.41) is 14.1. The molecule has 1 aromatic heterocycles. The van der Waals surface area contributed by atoms with E-state index in [0.717, 1.165) is 29.1 Å². The molecule has 2 N–H and O–H groups in total. The lowest BCUT2D eigenvalue weighted by atomic mass is 10.0. The first-order chi connectivity index (χ1) is 17.7. The third-order valence-corrected chi connectivity index (χ3v) is 7.39. The van der Waals surface area contributed by atoms with Crippen molar-refractivity contribution >= 4 is 26.6 Å². The molecule has 0 radical (unpaired) electrons. The van der Waals surface area contributed by atoms with Crippen molar-refractivity contribution < 1.29 is 24.5 Å². The van der Waals surface area contributed by atoms with Gasteiger partial charge in [-0.15, -0.1) is 0 Å². The van der Waals surface area contributed by atoms with Crippen LogP contribution < -0.4 is 10.1 Å². The number of aliphatic hydroxyl groups excluding tert-OH is 1. The van der Waals surface area contributed by atoms with E-state index in [1.165, 1.54) is 0 Å². The van der Waals surface area contributed by atoms with Crippen LogP contribution in [0.25, 0.3) is 22.0 Å². The fraction of sp³-hybridized carbons (Fsp3) is 0.276. The number of sulfone groups is 1. The quantitative estimate of drug-likeness (QED) is 0.317. The van der Waals surface area contributed by atoms with Gasteiger partial charge in [0.15, 0.2) is 9.84 Å². The van der Waals surface area contributed by atoms with E-state index in [-0.39, 0.29) is 18.8 Å². The van der Waals surface area contributed by atoms with Crippen LogP contribution in [0.4, 0.5) is 0 Å². The first kappa shape index (κ1) is 26.4. The Kier molecular flexibility index (Phi) is 8.00. The molecule has 196 valence electrons. The van der Waals surface area contributed by atoms with Gasteiger partial charge in [0, 0.05) is 31.8 Å².